The number of rotatable bonds is 12. The maximum Gasteiger partial charge on any atom is 0.220 e. The van der Waals surface area contributed by atoms with Crippen LogP contribution in [0.4, 0.5) is 0 Å². The summed E-state index contributed by atoms with van der Waals surface area (Å²) in [4.78, 5) is 16.5. The molecule has 0 aromatic heterocycles. The Hall–Kier alpha value is -3.22. The number of guanidine groups is 1. The first kappa shape index (κ1) is 24.1. The van der Waals surface area contributed by atoms with Crippen LogP contribution in [0.15, 0.2) is 53.5 Å². The normalized spacial score (nSPS) is 12.2. The third kappa shape index (κ3) is 8.99. The quantitative estimate of drug-likeness (QED) is 0.275. The molecule has 1 unspecified atom stereocenters. The molecule has 168 valence electrons. The van der Waals surface area contributed by atoms with Crippen molar-refractivity contribution >= 4 is 11.9 Å². The number of carbonyl (C=O) groups excluding carboxylic acids is 1. The van der Waals surface area contributed by atoms with Crippen molar-refractivity contribution in [1.29, 1.82) is 0 Å². The minimum atomic E-state index is -0.0589. The molecule has 1 atom stereocenters. The van der Waals surface area contributed by atoms with Crippen molar-refractivity contribution in [3.8, 4) is 11.5 Å². The molecule has 0 saturated heterocycles. The van der Waals surface area contributed by atoms with Gasteiger partial charge in [-0.3, -0.25) is 9.79 Å². The third-order valence-corrected chi connectivity index (χ3v) is 4.79. The number of ether oxygens (including phenoxy) is 2. The highest BCUT2D eigenvalue weighted by Gasteiger charge is 2.09. The van der Waals surface area contributed by atoms with E-state index in [1.807, 2.05) is 62.4 Å². The Morgan fingerprint density at radius 1 is 1.10 bits per heavy atom. The van der Waals surface area contributed by atoms with Gasteiger partial charge in [-0.25, -0.2) is 0 Å². The van der Waals surface area contributed by atoms with Crippen LogP contribution in [0.3, 0.4) is 0 Å². The summed E-state index contributed by atoms with van der Waals surface area (Å²) >= 11 is 0. The monoisotopic (exact) mass is 426 g/mol. The average Bonchev–Trinajstić information content (AvgIpc) is 2.78. The van der Waals surface area contributed by atoms with E-state index in [-0.39, 0.29) is 11.9 Å². The molecule has 0 aliphatic heterocycles. The van der Waals surface area contributed by atoms with Crippen LogP contribution in [0.5, 0.6) is 11.5 Å². The number of nitrogens with two attached hydrogens (primary N) is 1. The molecule has 0 spiro atoms. The molecule has 0 radical (unpaired) electrons. The van der Waals surface area contributed by atoms with E-state index < -0.39 is 0 Å². The number of methoxy groups -OCH3 is 1. The molecule has 4 N–H and O–H groups in total. The largest absolute Gasteiger partial charge is 0.497 e. The third-order valence-electron chi connectivity index (χ3n) is 4.79. The lowest BCUT2D eigenvalue weighted by molar-refractivity contribution is -0.121. The molecule has 2 rings (SSSR count). The highest BCUT2D eigenvalue weighted by Crippen LogP contribution is 2.17. The van der Waals surface area contributed by atoms with Crippen LogP contribution in [0.25, 0.3) is 0 Å². The predicted octanol–water partition coefficient (Wildman–Crippen LogP) is 3.20. The van der Waals surface area contributed by atoms with Crippen LogP contribution in [-0.4, -0.2) is 38.7 Å². The summed E-state index contributed by atoms with van der Waals surface area (Å²) in [6.07, 6.45) is 1.89. The molecular formula is C24H34N4O3. The van der Waals surface area contributed by atoms with Crippen LogP contribution < -0.4 is 25.8 Å². The van der Waals surface area contributed by atoms with Gasteiger partial charge in [0.15, 0.2) is 5.96 Å². The summed E-state index contributed by atoms with van der Waals surface area (Å²) in [6, 6.07) is 15.7. The second-order valence-corrected chi connectivity index (χ2v) is 7.19. The van der Waals surface area contributed by atoms with Gasteiger partial charge in [-0.15, -0.1) is 0 Å². The number of nitrogens with zero attached hydrogens (tertiary/aromatic N) is 1. The fraction of sp³-hybridized carbons (Fsp3) is 0.417. The lowest BCUT2D eigenvalue weighted by Gasteiger charge is -2.15. The number of benzene rings is 2. The minimum Gasteiger partial charge on any atom is -0.497 e. The van der Waals surface area contributed by atoms with Gasteiger partial charge < -0.3 is 25.8 Å². The molecule has 0 bridgehead atoms. The van der Waals surface area contributed by atoms with Crippen molar-refractivity contribution < 1.29 is 14.3 Å². The van der Waals surface area contributed by atoms with Crippen molar-refractivity contribution in [3.05, 3.63) is 59.7 Å². The highest BCUT2D eigenvalue weighted by atomic mass is 16.5. The van der Waals surface area contributed by atoms with Crippen LogP contribution in [0, 0.1) is 0 Å². The molecule has 0 aliphatic carbocycles. The van der Waals surface area contributed by atoms with Gasteiger partial charge in [0.25, 0.3) is 0 Å². The van der Waals surface area contributed by atoms with Crippen LogP contribution in [0.2, 0.25) is 0 Å². The Morgan fingerprint density at radius 3 is 2.42 bits per heavy atom. The van der Waals surface area contributed by atoms with Crippen LogP contribution in [-0.2, 0) is 11.2 Å². The van der Waals surface area contributed by atoms with Gasteiger partial charge in [-0.2, -0.15) is 0 Å². The lowest BCUT2D eigenvalue weighted by atomic mass is 10.1. The van der Waals surface area contributed by atoms with Crippen molar-refractivity contribution in [3.63, 3.8) is 0 Å². The van der Waals surface area contributed by atoms with E-state index in [0.717, 1.165) is 23.5 Å². The first-order valence-electron chi connectivity index (χ1n) is 10.7. The van der Waals surface area contributed by atoms with Gasteiger partial charge in [0.2, 0.25) is 5.91 Å². The smallest absolute Gasteiger partial charge is 0.220 e. The molecule has 0 heterocycles. The zero-order valence-electron chi connectivity index (χ0n) is 18.7. The van der Waals surface area contributed by atoms with Gasteiger partial charge in [-0.05, 0) is 62.1 Å². The molecule has 1 amide bonds. The van der Waals surface area contributed by atoms with Gasteiger partial charge in [0.05, 0.1) is 19.8 Å². The van der Waals surface area contributed by atoms with Crippen molar-refractivity contribution in [1.82, 2.24) is 10.6 Å². The zero-order valence-corrected chi connectivity index (χ0v) is 18.7. The molecule has 2 aromatic carbocycles. The SMILES string of the molecule is CCOc1ccc(C(C)NC(=O)CCCN=C(N)NCCc2ccc(OC)cc2)cc1. The first-order chi connectivity index (χ1) is 15.0. The summed E-state index contributed by atoms with van der Waals surface area (Å²) in [6.45, 7) is 5.76. The summed E-state index contributed by atoms with van der Waals surface area (Å²) in [5.74, 6) is 2.08. The average molecular weight is 427 g/mol. The number of amides is 1. The maximum atomic E-state index is 12.2. The maximum absolute atomic E-state index is 12.2. The van der Waals surface area contributed by atoms with E-state index in [9.17, 15) is 4.79 Å². The van der Waals surface area contributed by atoms with Gasteiger partial charge >= 0.3 is 0 Å². The minimum absolute atomic E-state index is 0.00243. The number of aliphatic imine (C=N–C) groups is 1. The standard InChI is InChI=1S/C24H34N4O3/c1-4-31-22-13-9-20(10-14-22)18(2)28-23(29)6-5-16-26-24(25)27-17-15-19-7-11-21(30-3)12-8-19/h7-14,18H,4-6,15-17H2,1-3H3,(H,28,29)(H3,25,26,27). The van der Waals surface area contributed by atoms with Crippen molar-refractivity contribution in [2.24, 2.45) is 10.7 Å². The Morgan fingerprint density at radius 2 is 1.77 bits per heavy atom. The molecule has 7 nitrogen and oxygen atoms in total. The molecule has 0 saturated carbocycles. The number of hydrogen-bond acceptors (Lipinski definition) is 4. The van der Waals surface area contributed by atoms with Gasteiger partial charge in [0, 0.05) is 19.5 Å². The lowest BCUT2D eigenvalue weighted by Crippen LogP contribution is -2.33. The second kappa shape index (κ2) is 13.2. The van der Waals surface area contributed by atoms with Gasteiger partial charge in [-0.1, -0.05) is 24.3 Å². The predicted molar refractivity (Wildman–Crippen MR) is 125 cm³/mol. The van der Waals surface area contributed by atoms with E-state index in [4.69, 9.17) is 15.2 Å². The second-order valence-electron chi connectivity index (χ2n) is 7.19. The Labute approximate surface area is 185 Å². The molecular weight excluding hydrogens is 392 g/mol. The van der Waals surface area contributed by atoms with E-state index in [2.05, 4.69) is 15.6 Å². The Kier molecular flexibility index (Phi) is 10.2. The number of nitrogens with one attached hydrogen (secondary N) is 2. The molecule has 7 heteroatoms. The number of hydrogen-bond donors (Lipinski definition) is 3. The fourth-order valence-electron chi connectivity index (χ4n) is 3.04. The molecule has 2 aromatic rings. The summed E-state index contributed by atoms with van der Waals surface area (Å²) < 4.78 is 10.6. The molecule has 0 fully saturated rings. The summed E-state index contributed by atoms with van der Waals surface area (Å²) in [5.41, 5.74) is 8.13. The summed E-state index contributed by atoms with van der Waals surface area (Å²) in [7, 11) is 1.65. The van der Waals surface area contributed by atoms with E-state index >= 15 is 0 Å². The topological polar surface area (TPSA) is 98.0 Å². The summed E-state index contributed by atoms with van der Waals surface area (Å²) in [5, 5.41) is 6.11. The number of carbonyl (C=O) groups is 1. The van der Waals surface area contributed by atoms with Crippen LogP contribution >= 0.6 is 0 Å². The zero-order chi connectivity index (χ0) is 22.5. The highest BCUT2D eigenvalue weighted by molar-refractivity contribution is 5.78. The van der Waals surface area contributed by atoms with E-state index in [1.54, 1.807) is 7.11 Å². The van der Waals surface area contributed by atoms with Crippen molar-refractivity contribution in [2.45, 2.75) is 39.2 Å². The Balaban J connectivity index is 1.62. The van der Waals surface area contributed by atoms with E-state index in [0.29, 0.717) is 38.5 Å². The molecule has 0 aliphatic rings. The van der Waals surface area contributed by atoms with Gasteiger partial charge in [0.1, 0.15) is 11.5 Å². The van der Waals surface area contributed by atoms with Crippen LogP contribution in [0.1, 0.15) is 43.9 Å². The Bertz CT molecular complexity index is 820. The molecule has 31 heavy (non-hydrogen) atoms. The fourth-order valence-corrected chi connectivity index (χ4v) is 3.04. The van der Waals surface area contributed by atoms with Crippen molar-refractivity contribution in [2.75, 3.05) is 26.8 Å². The first-order valence-corrected chi connectivity index (χ1v) is 10.7. The van der Waals surface area contributed by atoms with E-state index in [1.165, 1.54) is 5.56 Å².